The zero-order valence-electron chi connectivity index (χ0n) is 17.9. The lowest BCUT2D eigenvalue weighted by Crippen LogP contribution is -2.35. The normalized spacial score (nSPS) is 17.1. The first kappa shape index (κ1) is 21.6. The molecule has 4 rings (SSSR count). The van der Waals surface area contributed by atoms with Crippen LogP contribution in [0.2, 0.25) is 0 Å². The molecule has 0 aromatic heterocycles. The van der Waals surface area contributed by atoms with Crippen molar-refractivity contribution >= 4 is 33.0 Å². The summed E-state index contributed by atoms with van der Waals surface area (Å²) in [6.07, 6.45) is 5.64. The third-order valence-corrected chi connectivity index (χ3v) is 7.26. The van der Waals surface area contributed by atoms with Gasteiger partial charge >= 0.3 is 0 Å². The first-order valence-corrected chi connectivity index (χ1v) is 12.7. The van der Waals surface area contributed by atoms with Gasteiger partial charge in [0.25, 0.3) is 0 Å². The summed E-state index contributed by atoms with van der Waals surface area (Å²) in [4.78, 5) is 14.8. The number of nitrogens with zero attached hydrogens (tertiary/aromatic N) is 2. The highest BCUT2D eigenvalue weighted by Gasteiger charge is 2.24. The zero-order chi connectivity index (χ0) is 21.8. The van der Waals surface area contributed by atoms with Crippen LogP contribution in [0.4, 0.5) is 17.1 Å². The molecule has 2 aliphatic heterocycles. The summed E-state index contributed by atoms with van der Waals surface area (Å²) in [6, 6.07) is 13.8. The molecule has 0 atom stereocenters. The molecule has 8 heteroatoms. The molecule has 2 aromatic rings. The van der Waals surface area contributed by atoms with Gasteiger partial charge in [-0.2, -0.15) is 4.31 Å². The fraction of sp³-hybridized carbons (Fsp3) is 0.435. The van der Waals surface area contributed by atoms with Crippen LogP contribution in [-0.4, -0.2) is 51.1 Å². The number of hydrogen-bond donors (Lipinski definition) is 2. The first-order chi connectivity index (χ1) is 14.9. The summed E-state index contributed by atoms with van der Waals surface area (Å²) < 4.78 is 25.2. The molecule has 0 unspecified atom stereocenters. The molecular weight excluding hydrogens is 412 g/mol. The van der Waals surface area contributed by atoms with E-state index in [1.807, 2.05) is 30.3 Å². The third-order valence-electron chi connectivity index (χ3n) is 6.01. The Morgan fingerprint density at radius 1 is 1.00 bits per heavy atom. The van der Waals surface area contributed by atoms with Crippen LogP contribution in [0.15, 0.2) is 42.5 Å². The number of carbonyl (C=O) groups excluding carboxylic acids is 1. The highest BCUT2D eigenvalue weighted by molar-refractivity contribution is 7.88. The van der Waals surface area contributed by atoms with Gasteiger partial charge in [-0.15, -0.1) is 0 Å². The van der Waals surface area contributed by atoms with Crippen LogP contribution in [0, 0.1) is 0 Å². The van der Waals surface area contributed by atoms with E-state index in [0.717, 1.165) is 35.6 Å². The van der Waals surface area contributed by atoms with Crippen molar-refractivity contribution in [2.75, 3.05) is 48.0 Å². The van der Waals surface area contributed by atoms with Crippen molar-refractivity contribution in [3.63, 3.8) is 0 Å². The molecule has 166 valence electrons. The molecular formula is C23H30N4O3S. The van der Waals surface area contributed by atoms with Crippen molar-refractivity contribution in [2.45, 2.75) is 32.2 Å². The molecule has 31 heavy (non-hydrogen) atoms. The van der Waals surface area contributed by atoms with Gasteiger partial charge in [0, 0.05) is 43.2 Å². The van der Waals surface area contributed by atoms with Crippen LogP contribution in [0.3, 0.4) is 0 Å². The topological polar surface area (TPSA) is 81.8 Å². The number of nitrogens with one attached hydrogen (secondary N) is 2. The predicted octanol–water partition coefficient (Wildman–Crippen LogP) is 3.05. The average molecular weight is 443 g/mol. The lowest BCUT2D eigenvalue weighted by Gasteiger charge is -2.29. The molecule has 7 nitrogen and oxygen atoms in total. The Kier molecular flexibility index (Phi) is 6.48. The van der Waals surface area contributed by atoms with E-state index in [2.05, 4.69) is 27.7 Å². The van der Waals surface area contributed by atoms with Crippen LogP contribution in [0.1, 0.15) is 30.4 Å². The summed E-state index contributed by atoms with van der Waals surface area (Å²) in [5.74, 6) is -0.114. The monoisotopic (exact) mass is 442 g/mol. The standard InChI is InChI=1S/C23H30N4O3S/c1-31(29,30)27-15-12-21-18(17-27)6-5-7-22(21)24-16-23(28)25-19-8-10-20(11-9-19)26-13-3-2-4-14-26/h5-11,24H,2-4,12-17H2,1H3,(H,25,28). The van der Waals surface area contributed by atoms with Gasteiger partial charge in [-0.05, 0) is 67.1 Å². The Bertz CT molecular complexity index is 1030. The molecule has 1 saturated heterocycles. The first-order valence-electron chi connectivity index (χ1n) is 10.8. The SMILES string of the molecule is CS(=O)(=O)N1CCc2c(cccc2NCC(=O)Nc2ccc(N3CCCCC3)cc2)C1. The number of piperidine rings is 1. The summed E-state index contributed by atoms with van der Waals surface area (Å²) in [5.41, 5.74) is 4.94. The van der Waals surface area contributed by atoms with E-state index in [1.54, 1.807) is 0 Å². The van der Waals surface area contributed by atoms with Crippen molar-refractivity contribution in [1.29, 1.82) is 0 Å². The Morgan fingerprint density at radius 2 is 1.74 bits per heavy atom. The summed E-state index contributed by atoms with van der Waals surface area (Å²) in [7, 11) is -3.21. The number of hydrogen-bond acceptors (Lipinski definition) is 5. The molecule has 2 N–H and O–H groups in total. The molecule has 1 fully saturated rings. The fourth-order valence-electron chi connectivity index (χ4n) is 4.32. The number of sulfonamides is 1. The van der Waals surface area contributed by atoms with Gasteiger partial charge in [0.2, 0.25) is 15.9 Å². The molecule has 0 saturated carbocycles. The van der Waals surface area contributed by atoms with Gasteiger partial charge in [-0.3, -0.25) is 4.79 Å². The molecule has 0 spiro atoms. The Hall–Kier alpha value is -2.58. The van der Waals surface area contributed by atoms with E-state index >= 15 is 0 Å². The second-order valence-electron chi connectivity index (χ2n) is 8.29. The van der Waals surface area contributed by atoms with Gasteiger partial charge in [0.15, 0.2) is 0 Å². The maximum atomic E-state index is 12.5. The van der Waals surface area contributed by atoms with Crippen molar-refractivity contribution < 1.29 is 13.2 Å². The maximum Gasteiger partial charge on any atom is 0.243 e. The van der Waals surface area contributed by atoms with Crippen molar-refractivity contribution in [2.24, 2.45) is 0 Å². The number of anilines is 3. The van der Waals surface area contributed by atoms with Crippen LogP contribution < -0.4 is 15.5 Å². The second kappa shape index (κ2) is 9.28. The van der Waals surface area contributed by atoms with E-state index in [-0.39, 0.29) is 12.5 Å². The minimum atomic E-state index is -3.21. The minimum Gasteiger partial charge on any atom is -0.376 e. The minimum absolute atomic E-state index is 0.114. The number of amides is 1. The van der Waals surface area contributed by atoms with Crippen molar-refractivity contribution in [3.8, 4) is 0 Å². The molecule has 2 aliphatic rings. The van der Waals surface area contributed by atoms with Gasteiger partial charge in [0.05, 0.1) is 12.8 Å². The maximum absolute atomic E-state index is 12.5. The third kappa shape index (κ3) is 5.37. The molecule has 0 radical (unpaired) electrons. The van der Waals surface area contributed by atoms with Crippen molar-refractivity contribution in [1.82, 2.24) is 4.31 Å². The lowest BCUT2D eigenvalue weighted by molar-refractivity contribution is -0.114. The van der Waals surface area contributed by atoms with Gasteiger partial charge in [0.1, 0.15) is 0 Å². The van der Waals surface area contributed by atoms with Crippen LogP contribution >= 0.6 is 0 Å². The number of carbonyl (C=O) groups is 1. The van der Waals surface area contributed by atoms with Gasteiger partial charge in [-0.1, -0.05) is 12.1 Å². The van der Waals surface area contributed by atoms with Crippen LogP contribution in [0.25, 0.3) is 0 Å². The van der Waals surface area contributed by atoms with E-state index < -0.39 is 10.0 Å². The highest BCUT2D eigenvalue weighted by Crippen LogP contribution is 2.27. The Balaban J connectivity index is 1.33. The van der Waals surface area contributed by atoms with E-state index in [1.165, 1.54) is 35.5 Å². The largest absolute Gasteiger partial charge is 0.376 e. The second-order valence-corrected chi connectivity index (χ2v) is 10.3. The summed E-state index contributed by atoms with van der Waals surface area (Å²) in [5, 5.41) is 6.16. The Labute approximate surface area is 184 Å². The number of fused-ring (bicyclic) bond motifs is 1. The highest BCUT2D eigenvalue weighted by atomic mass is 32.2. The molecule has 0 bridgehead atoms. The summed E-state index contributed by atoms with van der Waals surface area (Å²) >= 11 is 0. The smallest absolute Gasteiger partial charge is 0.243 e. The molecule has 2 heterocycles. The molecule has 1 amide bonds. The zero-order valence-corrected chi connectivity index (χ0v) is 18.7. The fourth-order valence-corrected chi connectivity index (χ4v) is 5.12. The molecule has 0 aliphatic carbocycles. The van der Waals surface area contributed by atoms with E-state index in [9.17, 15) is 13.2 Å². The lowest BCUT2D eigenvalue weighted by atomic mass is 9.99. The van der Waals surface area contributed by atoms with Gasteiger partial charge < -0.3 is 15.5 Å². The quantitative estimate of drug-likeness (QED) is 0.719. The predicted molar refractivity (Wildman–Crippen MR) is 125 cm³/mol. The van der Waals surface area contributed by atoms with Gasteiger partial charge in [-0.25, -0.2) is 8.42 Å². The number of benzene rings is 2. The average Bonchev–Trinajstić information content (AvgIpc) is 2.78. The van der Waals surface area contributed by atoms with Crippen molar-refractivity contribution in [3.05, 3.63) is 53.6 Å². The number of rotatable bonds is 6. The van der Waals surface area contributed by atoms with E-state index in [0.29, 0.717) is 19.5 Å². The van der Waals surface area contributed by atoms with E-state index in [4.69, 9.17) is 0 Å². The Morgan fingerprint density at radius 3 is 2.45 bits per heavy atom. The summed E-state index contributed by atoms with van der Waals surface area (Å²) in [6.45, 7) is 3.18. The van der Waals surface area contributed by atoms with Crippen LogP contribution in [0.5, 0.6) is 0 Å². The van der Waals surface area contributed by atoms with Crippen LogP contribution in [-0.2, 0) is 27.8 Å². The molecule has 2 aromatic carbocycles.